The Morgan fingerprint density at radius 3 is 2.78 bits per heavy atom. The SMILES string of the molecule is C[C@H]1CCN(I)C[C@H]1N. The first-order valence-electron chi connectivity index (χ1n) is 3.36. The van der Waals surface area contributed by atoms with Crippen molar-refractivity contribution < 1.29 is 0 Å². The van der Waals surface area contributed by atoms with E-state index >= 15 is 0 Å². The molecule has 0 bridgehead atoms. The van der Waals surface area contributed by atoms with Gasteiger partial charge in [-0.1, -0.05) is 6.92 Å². The van der Waals surface area contributed by atoms with Crippen LogP contribution < -0.4 is 5.73 Å². The van der Waals surface area contributed by atoms with E-state index < -0.39 is 0 Å². The summed E-state index contributed by atoms with van der Waals surface area (Å²) >= 11 is 2.34. The van der Waals surface area contributed by atoms with Crippen LogP contribution in [0.5, 0.6) is 0 Å². The van der Waals surface area contributed by atoms with E-state index in [0.29, 0.717) is 6.04 Å². The maximum atomic E-state index is 5.82. The van der Waals surface area contributed by atoms with Gasteiger partial charge in [0.2, 0.25) is 0 Å². The Labute approximate surface area is 70.3 Å². The van der Waals surface area contributed by atoms with Gasteiger partial charge in [0.25, 0.3) is 0 Å². The van der Waals surface area contributed by atoms with Crippen LogP contribution in [0.25, 0.3) is 0 Å². The van der Waals surface area contributed by atoms with Gasteiger partial charge in [-0.25, -0.2) is 3.11 Å². The highest BCUT2D eigenvalue weighted by molar-refractivity contribution is 14.1. The molecule has 1 fully saturated rings. The van der Waals surface area contributed by atoms with Crippen molar-refractivity contribution in [1.82, 2.24) is 3.11 Å². The predicted octanol–water partition coefficient (Wildman–Crippen LogP) is 1.01. The number of hydrogen-bond acceptors (Lipinski definition) is 2. The maximum Gasteiger partial charge on any atom is 0.0235 e. The molecule has 0 saturated carbocycles. The fraction of sp³-hybridized carbons (Fsp3) is 1.00. The van der Waals surface area contributed by atoms with Gasteiger partial charge in [0.05, 0.1) is 0 Å². The third kappa shape index (κ3) is 2.05. The number of rotatable bonds is 0. The van der Waals surface area contributed by atoms with Crippen molar-refractivity contribution in [3.8, 4) is 0 Å². The Hall–Kier alpha value is 0.650. The zero-order valence-electron chi connectivity index (χ0n) is 5.68. The lowest BCUT2D eigenvalue weighted by Gasteiger charge is -2.30. The van der Waals surface area contributed by atoms with E-state index in [1.54, 1.807) is 0 Å². The quantitative estimate of drug-likeness (QED) is 0.505. The predicted molar refractivity (Wildman–Crippen MR) is 47.3 cm³/mol. The normalized spacial score (nSPS) is 39.0. The molecule has 0 aromatic heterocycles. The van der Waals surface area contributed by atoms with E-state index in [9.17, 15) is 0 Å². The number of nitrogens with two attached hydrogens (primary N) is 1. The molecule has 0 amide bonds. The van der Waals surface area contributed by atoms with Crippen LogP contribution in [0.3, 0.4) is 0 Å². The zero-order valence-corrected chi connectivity index (χ0v) is 7.84. The summed E-state index contributed by atoms with van der Waals surface area (Å²) in [4.78, 5) is 0. The minimum Gasteiger partial charge on any atom is -0.326 e. The van der Waals surface area contributed by atoms with E-state index in [4.69, 9.17) is 5.73 Å². The molecule has 1 aliphatic heterocycles. The summed E-state index contributed by atoms with van der Waals surface area (Å²) < 4.78 is 2.27. The largest absolute Gasteiger partial charge is 0.326 e. The monoisotopic (exact) mass is 240 g/mol. The molecule has 2 nitrogen and oxygen atoms in total. The van der Waals surface area contributed by atoms with Gasteiger partial charge in [-0.05, 0) is 12.3 Å². The highest BCUT2D eigenvalue weighted by Gasteiger charge is 2.20. The summed E-state index contributed by atoms with van der Waals surface area (Å²) in [6.45, 7) is 4.49. The lowest BCUT2D eigenvalue weighted by Crippen LogP contribution is -2.43. The van der Waals surface area contributed by atoms with Crippen LogP contribution in [-0.2, 0) is 0 Å². The van der Waals surface area contributed by atoms with Gasteiger partial charge in [0, 0.05) is 42.0 Å². The molecular weight excluding hydrogens is 227 g/mol. The number of hydrogen-bond donors (Lipinski definition) is 1. The Morgan fingerprint density at radius 1 is 1.67 bits per heavy atom. The van der Waals surface area contributed by atoms with Gasteiger partial charge in [-0.15, -0.1) is 0 Å². The van der Waals surface area contributed by atoms with E-state index in [-0.39, 0.29) is 0 Å². The summed E-state index contributed by atoms with van der Waals surface area (Å²) in [5.74, 6) is 0.719. The second-order valence-corrected chi connectivity index (χ2v) is 4.16. The first kappa shape index (κ1) is 7.75. The molecule has 2 N–H and O–H groups in total. The maximum absolute atomic E-state index is 5.82. The second-order valence-electron chi connectivity index (χ2n) is 2.80. The van der Waals surface area contributed by atoms with Gasteiger partial charge in [0.15, 0.2) is 0 Å². The number of piperidine rings is 1. The molecule has 0 aromatic carbocycles. The number of halogens is 1. The van der Waals surface area contributed by atoms with Crippen molar-refractivity contribution in [3.05, 3.63) is 0 Å². The van der Waals surface area contributed by atoms with E-state index in [1.165, 1.54) is 13.0 Å². The van der Waals surface area contributed by atoms with Crippen molar-refractivity contribution in [2.75, 3.05) is 13.1 Å². The van der Waals surface area contributed by atoms with Crippen LogP contribution in [0, 0.1) is 5.92 Å². The third-order valence-electron chi connectivity index (χ3n) is 1.97. The lowest BCUT2D eigenvalue weighted by atomic mass is 9.96. The molecule has 2 atom stereocenters. The van der Waals surface area contributed by atoms with E-state index in [1.807, 2.05) is 0 Å². The fourth-order valence-corrected chi connectivity index (χ4v) is 1.79. The molecule has 0 unspecified atom stereocenters. The molecule has 9 heavy (non-hydrogen) atoms. The second kappa shape index (κ2) is 3.16. The standard InChI is InChI=1S/C6H13IN2/c1-5-2-3-9(7)4-6(5)8/h5-6H,2-4,8H2,1H3/t5-,6+/m0/s1. The number of nitrogens with zero attached hydrogens (tertiary/aromatic N) is 1. The highest BCUT2D eigenvalue weighted by atomic mass is 127. The van der Waals surface area contributed by atoms with Crippen molar-refractivity contribution in [1.29, 1.82) is 0 Å². The highest BCUT2D eigenvalue weighted by Crippen LogP contribution is 2.17. The van der Waals surface area contributed by atoms with E-state index in [0.717, 1.165) is 12.5 Å². The van der Waals surface area contributed by atoms with Gasteiger partial charge in [0.1, 0.15) is 0 Å². The Kier molecular flexibility index (Phi) is 2.73. The fourth-order valence-electron chi connectivity index (χ4n) is 1.06. The average molecular weight is 240 g/mol. The first-order chi connectivity index (χ1) is 4.20. The molecule has 1 heterocycles. The molecule has 0 aliphatic carbocycles. The average Bonchev–Trinajstić information content (AvgIpc) is 1.80. The zero-order chi connectivity index (χ0) is 6.85. The van der Waals surface area contributed by atoms with Crippen LogP contribution in [0.1, 0.15) is 13.3 Å². The smallest absolute Gasteiger partial charge is 0.0235 e. The van der Waals surface area contributed by atoms with Crippen LogP contribution >= 0.6 is 22.9 Å². The minimum absolute atomic E-state index is 0.399. The lowest BCUT2D eigenvalue weighted by molar-refractivity contribution is 0.285. The first-order valence-corrected chi connectivity index (χ1v) is 4.33. The molecule has 0 radical (unpaired) electrons. The molecule has 1 rings (SSSR count). The van der Waals surface area contributed by atoms with Crippen LogP contribution in [0.2, 0.25) is 0 Å². The summed E-state index contributed by atoms with van der Waals surface area (Å²) in [5.41, 5.74) is 5.82. The minimum atomic E-state index is 0.399. The molecule has 3 heteroatoms. The Morgan fingerprint density at radius 2 is 2.33 bits per heavy atom. The van der Waals surface area contributed by atoms with Crippen LogP contribution in [0.4, 0.5) is 0 Å². The van der Waals surface area contributed by atoms with E-state index in [2.05, 4.69) is 32.9 Å². The van der Waals surface area contributed by atoms with Gasteiger partial charge < -0.3 is 5.73 Å². The summed E-state index contributed by atoms with van der Waals surface area (Å²) in [6.07, 6.45) is 1.25. The third-order valence-corrected chi connectivity index (χ3v) is 2.84. The molecular formula is C6H13IN2. The molecule has 0 spiro atoms. The topological polar surface area (TPSA) is 29.3 Å². The summed E-state index contributed by atoms with van der Waals surface area (Å²) in [5, 5.41) is 0. The Bertz CT molecular complexity index is 97.1. The van der Waals surface area contributed by atoms with Crippen LogP contribution in [-0.4, -0.2) is 22.2 Å². The van der Waals surface area contributed by atoms with Gasteiger partial charge >= 0.3 is 0 Å². The molecule has 1 saturated heterocycles. The molecule has 54 valence electrons. The summed E-state index contributed by atoms with van der Waals surface area (Å²) in [6, 6.07) is 0.399. The van der Waals surface area contributed by atoms with Crippen molar-refractivity contribution in [2.45, 2.75) is 19.4 Å². The van der Waals surface area contributed by atoms with Gasteiger partial charge in [-0.3, -0.25) is 0 Å². The summed E-state index contributed by atoms with van der Waals surface area (Å²) in [7, 11) is 0. The Balaban J connectivity index is 2.35. The van der Waals surface area contributed by atoms with Crippen molar-refractivity contribution >= 4 is 22.9 Å². The van der Waals surface area contributed by atoms with Crippen molar-refractivity contribution in [2.24, 2.45) is 11.7 Å². The van der Waals surface area contributed by atoms with Crippen molar-refractivity contribution in [3.63, 3.8) is 0 Å². The van der Waals surface area contributed by atoms with Crippen LogP contribution in [0.15, 0.2) is 0 Å². The molecule has 0 aromatic rings. The molecule has 1 aliphatic rings. The van der Waals surface area contributed by atoms with Gasteiger partial charge in [-0.2, -0.15) is 0 Å².